The molecule has 1 heterocycles. The zero-order valence-electron chi connectivity index (χ0n) is 8.13. The van der Waals surface area contributed by atoms with Crippen LogP contribution in [0.15, 0.2) is 0 Å². The molecule has 66 valence electrons. The minimum absolute atomic E-state index is 0.903. The van der Waals surface area contributed by atoms with Crippen molar-refractivity contribution in [2.24, 2.45) is 17.8 Å². The van der Waals surface area contributed by atoms with Gasteiger partial charge < -0.3 is 0 Å². The standard InChI is InChI=1S/C10H20S/c1-5-7(2)10-8(3)6-11-9(10)4/h7-10H,5-6H2,1-4H3. The fraction of sp³-hybridized carbons (Fsp3) is 1.00. The minimum Gasteiger partial charge on any atom is -0.158 e. The SMILES string of the molecule is CCC(C)C1C(C)CSC1C. The van der Waals surface area contributed by atoms with Crippen LogP contribution in [0.4, 0.5) is 0 Å². The van der Waals surface area contributed by atoms with E-state index in [4.69, 9.17) is 0 Å². The number of hydrogen-bond acceptors (Lipinski definition) is 1. The Labute approximate surface area is 75.1 Å². The van der Waals surface area contributed by atoms with E-state index in [1.54, 1.807) is 0 Å². The van der Waals surface area contributed by atoms with Gasteiger partial charge in [0, 0.05) is 5.25 Å². The quantitative estimate of drug-likeness (QED) is 0.615. The third-order valence-corrected chi connectivity index (χ3v) is 4.68. The first-order chi connectivity index (χ1) is 5.16. The van der Waals surface area contributed by atoms with Gasteiger partial charge in [0.05, 0.1) is 0 Å². The molecule has 0 aliphatic carbocycles. The van der Waals surface area contributed by atoms with E-state index in [9.17, 15) is 0 Å². The molecule has 1 heteroatoms. The van der Waals surface area contributed by atoms with Gasteiger partial charge in [-0.2, -0.15) is 11.8 Å². The average molecular weight is 172 g/mol. The summed E-state index contributed by atoms with van der Waals surface area (Å²) in [6, 6.07) is 0. The van der Waals surface area contributed by atoms with Crippen molar-refractivity contribution >= 4 is 11.8 Å². The molecule has 1 saturated heterocycles. The second-order valence-corrected chi connectivity index (χ2v) is 5.39. The van der Waals surface area contributed by atoms with Crippen LogP contribution in [0.25, 0.3) is 0 Å². The van der Waals surface area contributed by atoms with E-state index in [2.05, 4.69) is 39.5 Å². The fourth-order valence-corrected chi connectivity index (χ4v) is 3.87. The Morgan fingerprint density at radius 1 is 1.45 bits per heavy atom. The molecule has 1 fully saturated rings. The first-order valence-electron chi connectivity index (χ1n) is 4.78. The maximum absolute atomic E-state index is 2.41. The van der Waals surface area contributed by atoms with Crippen LogP contribution >= 0.6 is 11.8 Å². The van der Waals surface area contributed by atoms with Gasteiger partial charge in [0.2, 0.25) is 0 Å². The molecule has 0 aromatic rings. The molecule has 0 bridgehead atoms. The van der Waals surface area contributed by atoms with Gasteiger partial charge in [-0.1, -0.05) is 34.1 Å². The normalized spacial score (nSPS) is 40.9. The van der Waals surface area contributed by atoms with E-state index in [-0.39, 0.29) is 0 Å². The molecule has 1 rings (SSSR count). The van der Waals surface area contributed by atoms with Crippen LogP contribution in [0.3, 0.4) is 0 Å². The Bertz CT molecular complexity index is 112. The fourth-order valence-electron chi connectivity index (χ4n) is 2.28. The first-order valence-corrected chi connectivity index (χ1v) is 5.83. The second kappa shape index (κ2) is 3.84. The third-order valence-electron chi connectivity index (χ3n) is 3.12. The van der Waals surface area contributed by atoms with Crippen LogP contribution in [0.2, 0.25) is 0 Å². The monoisotopic (exact) mass is 172 g/mol. The maximum Gasteiger partial charge on any atom is 0.00524 e. The van der Waals surface area contributed by atoms with E-state index in [0.29, 0.717) is 0 Å². The molecule has 11 heavy (non-hydrogen) atoms. The highest BCUT2D eigenvalue weighted by Gasteiger charge is 2.33. The molecular weight excluding hydrogens is 152 g/mol. The molecule has 0 aromatic heterocycles. The lowest BCUT2D eigenvalue weighted by molar-refractivity contribution is 0.281. The van der Waals surface area contributed by atoms with E-state index < -0.39 is 0 Å². The van der Waals surface area contributed by atoms with Crippen LogP contribution < -0.4 is 0 Å². The lowest BCUT2D eigenvalue weighted by Crippen LogP contribution is -2.22. The number of hydrogen-bond donors (Lipinski definition) is 0. The minimum atomic E-state index is 0.903. The molecule has 4 unspecified atom stereocenters. The van der Waals surface area contributed by atoms with Gasteiger partial charge >= 0.3 is 0 Å². The predicted molar refractivity (Wildman–Crippen MR) is 54.0 cm³/mol. The van der Waals surface area contributed by atoms with Gasteiger partial charge in [-0.3, -0.25) is 0 Å². The first kappa shape index (κ1) is 9.44. The van der Waals surface area contributed by atoms with Gasteiger partial charge in [0.15, 0.2) is 0 Å². The summed E-state index contributed by atoms with van der Waals surface area (Å²) in [4.78, 5) is 0. The van der Waals surface area contributed by atoms with Gasteiger partial charge in [-0.15, -0.1) is 0 Å². The summed E-state index contributed by atoms with van der Waals surface area (Å²) in [5, 5.41) is 0.903. The summed E-state index contributed by atoms with van der Waals surface area (Å²) in [5.41, 5.74) is 0. The summed E-state index contributed by atoms with van der Waals surface area (Å²) in [6.07, 6.45) is 1.35. The van der Waals surface area contributed by atoms with Crippen LogP contribution in [0.5, 0.6) is 0 Å². The molecule has 0 amide bonds. The number of thioether (sulfide) groups is 1. The molecule has 0 saturated carbocycles. The average Bonchev–Trinajstić information content (AvgIpc) is 2.30. The lowest BCUT2D eigenvalue weighted by Gasteiger charge is -2.25. The zero-order chi connectivity index (χ0) is 8.43. The molecular formula is C10H20S. The van der Waals surface area contributed by atoms with Gasteiger partial charge in [-0.05, 0) is 23.5 Å². The Morgan fingerprint density at radius 3 is 2.45 bits per heavy atom. The van der Waals surface area contributed by atoms with Crippen molar-refractivity contribution in [1.82, 2.24) is 0 Å². The van der Waals surface area contributed by atoms with Crippen molar-refractivity contribution in [2.45, 2.75) is 39.4 Å². The molecule has 4 atom stereocenters. The van der Waals surface area contributed by atoms with Crippen LogP contribution in [-0.2, 0) is 0 Å². The van der Waals surface area contributed by atoms with Crippen molar-refractivity contribution in [1.29, 1.82) is 0 Å². The van der Waals surface area contributed by atoms with E-state index in [1.807, 2.05) is 0 Å². The Hall–Kier alpha value is 0.350. The Kier molecular flexibility index (Phi) is 3.29. The molecule has 0 N–H and O–H groups in total. The highest BCUT2D eigenvalue weighted by atomic mass is 32.2. The molecule has 1 aliphatic rings. The lowest BCUT2D eigenvalue weighted by atomic mass is 9.81. The highest BCUT2D eigenvalue weighted by Crippen LogP contribution is 2.41. The predicted octanol–water partition coefficient (Wildman–Crippen LogP) is 3.42. The zero-order valence-corrected chi connectivity index (χ0v) is 8.95. The van der Waals surface area contributed by atoms with Crippen molar-refractivity contribution < 1.29 is 0 Å². The highest BCUT2D eigenvalue weighted by molar-refractivity contribution is 8.00. The summed E-state index contributed by atoms with van der Waals surface area (Å²) in [6.45, 7) is 9.52. The molecule has 0 spiro atoms. The second-order valence-electron chi connectivity index (χ2n) is 3.98. The summed E-state index contributed by atoms with van der Waals surface area (Å²) < 4.78 is 0. The van der Waals surface area contributed by atoms with Gasteiger partial charge in [-0.25, -0.2) is 0 Å². The maximum atomic E-state index is 2.41. The van der Waals surface area contributed by atoms with Crippen LogP contribution in [-0.4, -0.2) is 11.0 Å². The van der Waals surface area contributed by atoms with Crippen LogP contribution in [0, 0.1) is 17.8 Å². The van der Waals surface area contributed by atoms with E-state index in [1.165, 1.54) is 12.2 Å². The molecule has 0 nitrogen and oxygen atoms in total. The third kappa shape index (κ3) is 1.93. The van der Waals surface area contributed by atoms with Crippen molar-refractivity contribution in [3.63, 3.8) is 0 Å². The Balaban J connectivity index is 2.53. The van der Waals surface area contributed by atoms with Crippen molar-refractivity contribution in [2.75, 3.05) is 5.75 Å². The summed E-state index contributed by atoms with van der Waals surface area (Å²) >= 11 is 2.16. The molecule has 0 radical (unpaired) electrons. The number of rotatable bonds is 2. The Morgan fingerprint density at radius 2 is 2.09 bits per heavy atom. The molecule has 1 aliphatic heterocycles. The van der Waals surface area contributed by atoms with Crippen LogP contribution in [0.1, 0.15) is 34.1 Å². The summed E-state index contributed by atoms with van der Waals surface area (Å²) in [5.74, 6) is 4.24. The largest absolute Gasteiger partial charge is 0.158 e. The van der Waals surface area contributed by atoms with E-state index in [0.717, 1.165) is 23.0 Å². The van der Waals surface area contributed by atoms with E-state index >= 15 is 0 Å². The smallest absolute Gasteiger partial charge is 0.00524 e. The van der Waals surface area contributed by atoms with Crippen molar-refractivity contribution in [3.8, 4) is 0 Å². The summed E-state index contributed by atoms with van der Waals surface area (Å²) in [7, 11) is 0. The van der Waals surface area contributed by atoms with Gasteiger partial charge in [0.1, 0.15) is 0 Å². The van der Waals surface area contributed by atoms with Crippen molar-refractivity contribution in [3.05, 3.63) is 0 Å². The molecule has 0 aromatic carbocycles. The topological polar surface area (TPSA) is 0 Å². The van der Waals surface area contributed by atoms with Gasteiger partial charge in [0.25, 0.3) is 0 Å².